The molecule has 0 aliphatic heterocycles. The van der Waals surface area contributed by atoms with Gasteiger partial charge in [-0.05, 0) is 22.2 Å². The molecule has 0 spiro atoms. The molecule has 0 saturated carbocycles. The van der Waals surface area contributed by atoms with Crippen LogP contribution in [0.4, 0.5) is 0 Å². The molecule has 1 rings (SSSR count). The standard InChI is InChI=1S/C27H68Si8/c1-28(2,3)23-22-24(35(32(13,14)15,33(16,17)18)34(19,20)21)26(30(7,8)9)27(31(10,11)12)25(23)29(4,5)6/h22-23,25-27H,1-21H3. The highest BCUT2D eigenvalue weighted by molar-refractivity contribution is 7.91. The molecule has 35 heavy (non-hydrogen) atoms. The smallest absolute Gasteiger partial charge is 0.0632 e. The molecular formula is C27H68Si8. The average molecular weight is 618 g/mol. The molecule has 208 valence electrons. The monoisotopic (exact) mass is 616 g/mol. The van der Waals surface area contributed by atoms with E-state index in [0.717, 1.165) is 22.2 Å². The third kappa shape index (κ3) is 6.46. The molecule has 1 aliphatic carbocycles. The number of allylic oxidation sites excluding steroid dienone is 2. The van der Waals surface area contributed by atoms with Crippen molar-refractivity contribution in [2.75, 3.05) is 0 Å². The zero-order valence-electron chi connectivity index (χ0n) is 28.4. The highest BCUT2D eigenvalue weighted by Gasteiger charge is 2.68. The molecule has 0 bridgehead atoms. The van der Waals surface area contributed by atoms with Gasteiger partial charge in [0.2, 0.25) is 0 Å². The SMILES string of the molecule is C[Si](C)(C)C1C=C([Si]([Si](C)(C)C)([Si](C)(C)C)[Si](C)(C)C)C([Si](C)(C)C)C([Si](C)(C)C)C1[Si](C)(C)C. The molecule has 0 aromatic carbocycles. The maximum Gasteiger partial charge on any atom is 0.0632 e. The minimum atomic E-state index is -1.63. The van der Waals surface area contributed by atoms with E-state index < -0.39 is 61.7 Å². The normalized spacial score (nSPS) is 26.6. The summed E-state index contributed by atoms with van der Waals surface area (Å²) < 4.78 is 0. The lowest BCUT2D eigenvalue weighted by Gasteiger charge is -2.66. The Morgan fingerprint density at radius 3 is 0.914 bits per heavy atom. The van der Waals surface area contributed by atoms with Crippen molar-refractivity contribution in [2.45, 2.75) is 160 Å². The van der Waals surface area contributed by atoms with Gasteiger partial charge in [-0.25, -0.2) is 0 Å². The Morgan fingerprint density at radius 1 is 0.400 bits per heavy atom. The lowest BCUT2D eigenvalue weighted by molar-refractivity contribution is 0.643. The van der Waals surface area contributed by atoms with Crippen LogP contribution in [0.25, 0.3) is 0 Å². The van der Waals surface area contributed by atoms with E-state index in [0.29, 0.717) is 0 Å². The van der Waals surface area contributed by atoms with Gasteiger partial charge in [-0.1, -0.05) is 149 Å². The van der Waals surface area contributed by atoms with Crippen LogP contribution in [0.2, 0.25) is 160 Å². The Balaban J connectivity index is 4.56. The molecule has 0 radical (unpaired) electrons. The van der Waals surface area contributed by atoms with Crippen molar-refractivity contribution in [2.24, 2.45) is 0 Å². The fraction of sp³-hybridized carbons (Fsp3) is 0.926. The van der Waals surface area contributed by atoms with Crippen LogP contribution in [0, 0.1) is 0 Å². The van der Waals surface area contributed by atoms with Gasteiger partial charge in [0.1, 0.15) is 0 Å². The minimum absolute atomic E-state index is 0.893. The zero-order valence-corrected chi connectivity index (χ0v) is 36.4. The summed E-state index contributed by atoms with van der Waals surface area (Å²) in [6, 6.07) is 0. The van der Waals surface area contributed by atoms with Crippen LogP contribution in [0.15, 0.2) is 11.3 Å². The quantitative estimate of drug-likeness (QED) is 0.238. The van der Waals surface area contributed by atoms with Crippen LogP contribution in [0.1, 0.15) is 0 Å². The van der Waals surface area contributed by atoms with Crippen LogP contribution < -0.4 is 0 Å². The highest BCUT2D eigenvalue weighted by atomic mass is 29.9. The topological polar surface area (TPSA) is 0 Å². The van der Waals surface area contributed by atoms with Gasteiger partial charge in [0.25, 0.3) is 0 Å². The Hall–Kier alpha value is 1.48. The molecule has 0 aromatic heterocycles. The predicted molar refractivity (Wildman–Crippen MR) is 192 cm³/mol. The molecule has 0 N–H and O–H groups in total. The summed E-state index contributed by atoms with van der Waals surface area (Å²) in [5, 5.41) is 2.24. The predicted octanol–water partition coefficient (Wildman–Crippen LogP) is 11.0. The third-order valence-electron chi connectivity index (χ3n) is 9.57. The van der Waals surface area contributed by atoms with Gasteiger partial charge < -0.3 is 0 Å². The highest BCUT2D eigenvalue weighted by Crippen LogP contribution is 2.67. The molecule has 4 atom stereocenters. The van der Waals surface area contributed by atoms with Gasteiger partial charge in [0.15, 0.2) is 0 Å². The van der Waals surface area contributed by atoms with Gasteiger partial charge in [-0.2, -0.15) is 0 Å². The lowest BCUT2D eigenvalue weighted by atomic mass is 10.0. The van der Waals surface area contributed by atoms with Crippen molar-refractivity contribution >= 4 is 61.7 Å². The molecule has 0 fully saturated rings. The van der Waals surface area contributed by atoms with Crippen LogP contribution in [-0.2, 0) is 0 Å². The average Bonchev–Trinajstić information content (AvgIpc) is 2.45. The fourth-order valence-electron chi connectivity index (χ4n) is 9.97. The summed E-state index contributed by atoms with van der Waals surface area (Å²) in [5.41, 5.74) is 3.81. The molecule has 0 saturated heterocycles. The second-order valence-electron chi connectivity index (χ2n) is 19.6. The van der Waals surface area contributed by atoms with E-state index in [9.17, 15) is 0 Å². The van der Waals surface area contributed by atoms with Crippen molar-refractivity contribution in [1.82, 2.24) is 0 Å². The van der Waals surface area contributed by atoms with Gasteiger partial charge in [0, 0.05) is 38.9 Å². The summed E-state index contributed by atoms with van der Waals surface area (Å²) in [5.74, 6) is 0. The molecule has 0 heterocycles. The molecule has 8 heteroatoms. The Kier molecular flexibility index (Phi) is 9.70. The number of hydrogen-bond donors (Lipinski definition) is 0. The molecule has 1 aliphatic rings. The number of rotatable bonds is 8. The molecule has 0 nitrogen and oxygen atoms in total. The first-order valence-electron chi connectivity index (χ1n) is 14.6. The van der Waals surface area contributed by atoms with Crippen molar-refractivity contribution in [3.05, 3.63) is 11.3 Å². The minimum Gasteiger partial charge on any atom is -0.0915 e. The van der Waals surface area contributed by atoms with Crippen LogP contribution in [0.5, 0.6) is 0 Å². The van der Waals surface area contributed by atoms with Crippen molar-refractivity contribution in [3.63, 3.8) is 0 Å². The second-order valence-corrected chi connectivity index (χ2v) is 81.5. The van der Waals surface area contributed by atoms with Crippen molar-refractivity contribution in [1.29, 1.82) is 0 Å². The van der Waals surface area contributed by atoms with E-state index in [-0.39, 0.29) is 0 Å². The van der Waals surface area contributed by atoms with Crippen molar-refractivity contribution < 1.29 is 0 Å². The van der Waals surface area contributed by atoms with Gasteiger partial charge in [0.05, 0.1) is 22.8 Å². The molecule has 4 unspecified atom stereocenters. The molecule has 0 amide bonds. The van der Waals surface area contributed by atoms with Crippen LogP contribution >= 0.6 is 0 Å². The maximum atomic E-state index is 3.19. The van der Waals surface area contributed by atoms with Crippen molar-refractivity contribution in [3.8, 4) is 0 Å². The van der Waals surface area contributed by atoms with E-state index >= 15 is 0 Å². The van der Waals surface area contributed by atoms with E-state index in [1.807, 2.05) is 0 Å². The first kappa shape index (κ1) is 34.5. The lowest BCUT2D eigenvalue weighted by Crippen LogP contribution is -2.85. The summed E-state index contributed by atoms with van der Waals surface area (Å²) >= 11 is 0. The largest absolute Gasteiger partial charge is 0.0915 e. The Labute approximate surface area is 231 Å². The van der Waals surface area contributed by atoms with Crippen LogP contribution in [0.3, 0.4) is 0 Å². The Bertz CT molecular complexity index is 744. The van der Waals surface area contributed by atoms with Gasteiger partial charge in [-0.15, -0.1) is 0 Å². The summed E-state index contributed by atoms with van der Waals surface area (Å²) in [4.78, 5) is 0. The Morgan fingerprint density at radius 2 is 0.714 bits per heavy atom. The van der Waals surface area contributed by atoms with Crippen LogP contribution in [-0.4, -0.2) is 61.7 Å². The van der Waals surface area contributed by atoms with E-state index in [2.05, 4.69) is 149 Å². The fourth-order valence-corrected chi connectivity index (χ4v) is 133. The third-order valence-corrected chi connectivity index (χ3v) is 92.8. The summed E-state index contributed by atoms with van der Waals surface area (Å²) in [7, 11) is -9.78. The van der Waals surface area contributed by atoms with Gasteiger partial charge >= 0.3 is 0 Å². The van der Waals surface area contributed by atoms with E-state index in [4.69, 9.17) is 0 Å². The first-order chi connectivity index (χ1) is 14.8. The van der Waals surface area contributed by atoms with E-state index in [1.165, 1.54) is 0 Å². The van der Waals surface area contributed by atoms with E-state index in [1.54, 1.807) is 0 Å². The zero-order chi connectivity index (χ0) is 28.6. The first-order valence-corrected chi connectivity index (χ1v) is 44.4. The number of hydrogen-bond acceptors (Lipinski definition) is 0. The summed E-state index contributed by atoms with van der Waals surface area (Å²) in [6.07, 6.45) is 3.19. The maximum absolute atomic E-state index is 3.19. The molecular weight excluding hydrogens is 549 g/mol. The van der Waals surface area contributed by atoms with Gasteiger partial charge in [-0.3, -0.25) is 0 Å². The second kappa shape index (κ2) is 9.84. The summed E-state index contributed by atoms with van der Waals surface area (Å²) in [6.45, 7) is 57.1. The molecule has 0 aromatic rings.